The van der Waals surface area contributed by atoms with Gasteiger partial charge in [0.2, 0.25) is 0 Å². The molecule has 2 aromatic carbocycles. The third kappa shape index (κ3) is 6.60. The highest BCUT2D eigenvalue weighted by molar-refractivity contribution is 9.10. The lowest BCUT2D eigenvalue weighted by molar-refractivity contribution is -0.131. The normalized spacial score (nSPS) is 10.0. The zero-order chi connectivity index (χ0) is 18.2. The van der Waals surface area contributed by atoms with E-state index in [2.05, 4.69) is 26.8 Å². The van der Waals surface area contributed by atoms with Crippen LogP contribution in [0.2, 0.25) is 5.02 Å². The van der Waals surface area contributed by atoms with Gasteiger partial charge in [0.05, 0.1) is 4.47 Å². The summed E-state index contributed by atoms with van der Waals surface area (Å²) in [6, 6.07) is 10.0. The molecule has 2 N–H and O–H groups in total. The zero-order valence-electron chi connectivity index (χ0n) is 12.7. The van der Waals surface area contributed by atoms with Gasteiger partial charge in [0.25, 0.3) is 11.8 Å². The van der Waals surface area contributed by atoms with Crippen molar-refractivity contribution in [3.05, 3.63) is 57.8 Å². The second-order valence-electron chi connectivity index (χ2n) is 4.70. The first-order chi connectivity index (χ1) is 11.9. The molecular formula is C16H13BrClFN2O4. The minimum Gasteiger partial charge on any atom is -0.484 e. The van der Waals surface area contributed by atoms with E-state index in [-0.39, 0.29) is 13.2 Å². The van der Waals surface area contributed by atoms with Crippen molar-refractivity contribution in [2.75, 3.05) is 13.2 Å². The fourth-order valence-electron chi connectivity index (χ4n) is 1.63. The first-order valence-electron chi connectivity index (χ1n) is 6.98. The molecule has 0 spiro atoms. The lowest BCUT2D eigenvalue weighted by atomic mass is 10.3. The second-order valence-corrected chi connectivity index (χ2v) is 5.99. The molecular weight excluding hydrogens is 419 g/mol. The van der Waals surface area contributed by atoms with E-state index in [4.69, 9.17) is 21.1 Å². The van der Waals surface area contributed by atoms with Crippen LogP contribution >= 0.6 is 27.5 Å². The molecule has 2 amide bonds. The zero-order valence-corrected chi connectivity index (χ0v) is 15.1. The van der Waals surface area contributed by atoms with Crippen LogP contribution in [0, 0.1) is 5.82 Å². The van der Waals surface area contributed by atoms with Crippen LogP contribution in [-0.4, -0.2) is 25.0 Å². The fourth-order valence-corrected chi connectivity index (χ4v) is 2.42. The van der Waals surface area contributed by atoms with Crippen LogP contribution < -0.4 is 20.3 Å². The second kappa shape index (κ2) is 9.24. The molecule has 0 aliphatic heterocycles. The summed E-state index contributed by atoms with van der Waals surface area (Å²) in [5, 5.41) is 0.525. The maximum atomic E-state index is 12.7. The third-order valence-corrected chi connectivity index (χ3v) is 3.63. The molecule has 0 bridgehead atoms. The van der Waals surface area contributed by atoms with Gasteiger partial charge in [0.1, 0.15) is 17.3 Å². The molecule has 0 saturated carbocycles. The Hall–Kier alpha value is -2.32. The van der Waals surface area contributed by atoms with Crippen molar-refractivity contribution in [1.82, 2.24) is 10.9 Å². The number of carbonyl (C=O) groups is 2. The van der Waals surface area contributed by atoms with E-state index in [1.807, 2.05) is 0 Å². The smallest absolute Gasteiger partial charge is 0.276 e. The van der Waals surface area contributed by atoms with Gasteiger partial charge in [0.15, 0.2) is 13.2 Å². The quantitative estimate of drug-likeness (QED) is 0.690. The van der Waals surface area contributed by atoms with E-state index < -0.39 is 17.6 Å². The summed E-state index contributed by atoms with van der Waals surface area (Å²) in [4.78, 5) is 23.2. The summed E-state index contributed by atoms with van der Waals surface area (Å²) in [7, 11) is 0. The molecule has 0 unspecified atom stereocenters. The van der Waals surface area contributed by atoms with Gasteiger partial charge in [0, 0.05) is 5.02 Å². The van der Waals surface area contributed by atoms with E-state index in [1.165, 1.54) is 24.3 Å². The van der Waals surface area contributed by atoms with Crippen LogP contribution in [0.4, 0.5) is 4.39 Å². The standard InChI is InChI=1S/C16H13BrClFN2O4/c17-13-7-10(18)1-6-14(13)25-9-16(23)21-20-15(22)8-24-12-4-2-11(19)3-5-12/h1-7H,8-9H2,(H,20,22)(H,21,23). The van der Waals surface area contributed by atoms with Crippen molar-refractivity contribution < 1.29 is 23.5 Å². The number of nitrogens with one attached hydrogen (secondary N) is 2. The van der Waals surface area contributed by atoms with Gasteiger partial charge in [-0.15, -0.1) is 0 Å². The number of hydrogen-bond donors (Lipinski definition) is 2. The minimum atomic E-state index is -0.578. The lowest BCUT2D eigenvalue weighted by Gasteiger charge is -2.10. The number of halogens is 3. The van der Waals surface area contributed by atoms with Gasteiger partial charge >= 0.3 is 0 Å². The van der Waals surface area contributed by atoms with Crippen molar-refractivity contribution in [2.24, 2.45) is 0 Å². The van der Waals surface area contributed by atoms with E-state index >= 15 is 0 Å². The summed E-state index contributed by atoms with van der Waals surface area (Å²) in [6.07, 6.45) is 0. The van der Waals surface area contributed by atoms with Crippen LogP contribution in [-0.2, 0) is 9.59 Å². The highest BCUT2D eigenvalue weighted by atomic mass is 79.9. The Balaban J connectivity index is 1.68. The first kappa shape index (κ1) is 19.0. The van der Waals surface area contributed by atoms with Crippen LogP contribution in [0.5, 0.6) is 11.5 Å². The van der Waals surface area contributed by atoms with Crippen LogP contribution in [0.1, 0.15) is 0 Å². The first-order valence-corrected chi connectivity index (χ1v) is 8.15. The molecule has 6 nitrogen and oxygen atoms in total. The molecule has 0 saturated heterocycles. The number of rotatable bonds is 6. The Bertz CT molecular complexity index is 758. The molecule has 25 heavy (non-hydrogen) atoms. The van der Waals surface area contributed by atoms with Crippen LogP contribution in [0.25, 0.3) is 0 Å². The molecule has 0 heterocycles. The van der Waals surface area contributed by atoms with E-state index in [9.17, 15) is 14.0 Å². The molecule has 0 fully saturated rings. The monoisotopic (exact) mass is 430 g/mol. The van der Waals surface area contributed by atoms with Gasteiger partial charge in [-0.1, -0.05) is 11.6 Å². The van der Waals surface area contributed by atoms with Crippen molar-refractivity contribution in [3.8, 4) is 11.5 Å². The number of hydrazine groups is 1. The van der Waals surface area contributed by atoms with E-state index in [1.54, 1.807) is 18.2 Å². The fraction of sp³-hybridized carbons (Fsp3) is 0.125. The Morgan fingerprint density at radius 3 is 2.20 bits per heavy atom. The molecule has 0 aliphatic carbocycles. The number of ether oxygens (including phenoxy) is 2. The molecule has 0 aliphatic rings. The number of amides is 2. The molecule has 132 valence electrons. The number of hydrogen-bond acceptors (Lipinski definition) is 4. The van der Waals surface area contributed by atoms with Gasteiger partial charge in [-0.25, -0.2) is 4.39 Å². The summed E-state index contributed by atoms with van der Waals surface area (Å²) in [5.74, 6) is -0.775. The van der Waals surface area contributed by atoms with Crippen molar-refractivity contribution >= 4 is 39.3 Å². The molecule has 9 heteroatoms. The Morgan fingerprint density at radius 1 is 1.00 bits per heavy atom. The van der Waals surface area contributed by atoms with Crippen molar-refractivity contribution in [1.29, 1.82) is 0 Å². The number of carbonyl (C=O) groups excluding carboxylic acids is 2. The lowest BCUT2D eigenvalue weighted by Crippen LogP contribution is -2.45. The average molecular weight is 432 g/mol. The topological polar surface area (TPSA) is 76.7 Å². The van der Waals surface area contributed by atoms with Crippen molar-refractivity contribution in [2.45, 2.75) is 0 Å². The molecule has 0 atom stereocenters. The van der Waals surface area contributed by atoms with Crippen molar-refractivity contribution in [3.63, 3.8) is 0 Å². The number of benzene rings is 2. The molecule has 0 radical (unpaired) electrons. The summed E-state index contributed by atoms with van der Waals surface area (Å²) in [6.45, 7) is -0.644. The average Bonchev–Trinajstić information content (AvgIpc) is 2.58. The van der Waals surface area contributed by atoms with Gasteiger partial charge in [-0.2, -0.15) is 0 Å². The third-order valence-electron chi connectivity index (χ3n) is 2.78. The molecule has 0 aromatic heterocycles. The highest BCUT2D eigenvalue weighted by Crippen LogP contribution is 2.27. The van der Waals surface area contributed by atoms with E-state index in [0.29, 0.717) is 21.0 Å². The van der Waals surface area contributed by atoms with Gasteiger partial charge in [-0.05, 0) is 58.4 Å². The Kier molecular flexibility index (Phi) is 7.03. The SMILES string of the molecule is O=C(COc1ccc(F)cc1)NNC(=O)COc1ccc(Cl)cc1Br. The summed E-state index contributed by atoms with van der Waals surface area (Å²) in [5.41, 5.74) is 4.36. The molecule has 2 rings (SSSR count). The van der Waals surface area contributed by atoms with Crippen LogP contribution in [0.3, 0.4) is 0 Å². The summed E-state index contributed by atoms with van der Waals surface area (Å²) >= 11 is 9.06. The Morgan fingerprint density at radius 2 is 1.60 bits per heavy atom. The molecule has 2 aromatic rings. The van der Waals surface area contributed by atoms with Gasteiger partial charge < -0.3 is 9.47 Å². The highest BCUT2D eigenvalue weighted by Gasteiger charge is 2.08. The maximum absolute atomic E-state index is 12.7. The summed E-state index contributed by atoms with van der Waals surface area (Å²) < 4.78 is 23.8. The van der Waals surface area contributed by atoms with Gasteiger partial charge in [-0.3, -0.25) is 20.4 Å². The maximum Gasteiger partial charge on any atom is 0.276 e. The minimum absolute atomic E-state index is 0.306. The van der Waals surface area contributed by atoms with E-state index in [0.717, 1.165) is 0 Å². The largest absolute Gasteiger partial charge is 0.484 e. The Labute approximate surface area is 156 Å². The predicted molar refractivity (Wildman–Crippen MR) is 92.8 cm³/mol. The van der Waals surface area contributed by atoms with Crippen LogP contribution in [0.15, 0.2) is 46.9 Å². The predicted octanol–water partition coefficient (Wildman–Crippen LogP) is 2.85.